The second kappa shape index (κ2) is 18.1. The van der Waals surface area contributed by atoms with E-state index < -0.39 is 54.0 Å². The van der Waals surface area contributed by atoms with Gasteiger partial charge in [0.25, 0.3) is 0 Å². The van der Waals surface area contributed by atoms with Gasteiger partial charge in [-0.3, -0.25) is 19.4 Å². The molecule has 0 radical (unpaired) electrons. The molecule has 11 N–H and O–H groups in total. The van der Waals surface area contributed by atoms with E-state index in [0.29, 0.717) is 24.3 Å². The summed E-state index contributed by atoms with van der Waals surface area (Å²) in [6.45, 7) is 1.49. The number of thioether (sulfide) groups is 2. The molecule has 0 aliphatic carbocycles. The third-order valence-electron chi connectivity index (χ3n) is 4.84. The molecule has 202 valence electrons. The zero-order valence-corrected chi connectivity index (χ0v) is 22.0. The Hall–Kier alpha value is -2.23. The van der Waals surface area contributed by atoms with Crippen molar-refractivity contribution in [2.45, 2.75) is 62.9 Å². The van der Waals surface area contributed by atoms with Crippen LogP contribution in [-0.4, -0.2) is 101 Å². The van der Waals surface area contributed by atoms with Gasteiger partial charge in [-0.05, 0) is 56.6 Å². The lowest BCUT2D eigenvalue weighted by molar-refractivity contribution is -0.143. The molecule has 0 fully saturated rings. The van der Waals surface area contributed by atoms with Crippen molar-refractivity contribution in [3.05, 3.63) is 0 Å². The number of aliphatic carboxylic acids is 1. The molecule has 0 saturated heterocycles. The SMILES string of the molecule is CSCCC(N)C(=O)NC(CCCN=C(N)N)C(=O)NC(C(=O)NC(CCSC)C(=O)O)C(C)O. The van der Waals surface area contributed by atoms with Gasteiger partial charge in [-0.2, -0.15) is 23.5 Å². The van der Waals surface area contributed by atoms with Crippen LogP contribution in [0.4, 0.5) is 0 Å². The highest BCUT2D eigenvalue weighted by Gasteiger charge is 2.32. The second-order valence-electron chi connectivity index (χ2n) is 7.81. The van der Waals surface area contributed by atoms with Crippen molar-refractivity contribution in [2.24, 2.45) is 22.2 Å². The summed E-state index contributed by atoms with van der Waals surface area (Å²) in [4.78, 5) is 53.5. The number of nitrogens with one attached hydrogen (secondary N) is 3. The van der Waals surface area contributed by atoms with Gasteiger partial charge in [-0.15, -0.1) is 0 Å². The average molecular weight is 538 g/mol. The summed E-state index contributed by atoms with van der Waals surface area (Å²) in [7, 11) is 0. The van der Waals surface area contributed by atoms with Gasteiger partial charge < -0.3 is 43.4 Å². The van der Waals surface area contributed by atoms with Gasteiger partial charge in [-0.1, -0.05) is 0 Å². The Morgan fingerprint density at radius 3 is 1.97 bits per heavy atom. The summed E-state index contributed by atoms with van der Waals surface area (Å²) in [6, 6.07) is -4.55. The predicted octanol–water partition coefficient (Wildman–Crippen LogP) is -2.21. The highest BCUT2D eigenvalue weighted by Crippen LogP contribution is 2.06. The number of nitrogens with zero attached hydrogens (tertiary/aromatic N) is 1. The van der Waals surface area contributed by atoms with Gasteiger partial charge in [0, 0.05) is 6.54 Å². The number of carboxylic acid groups (broad SMARTS) is 1. The third-order valence-corrected chi connectivity index (χ3v) is 6.12. The normalized spacial score (nSPS) is 15.1. The largest absolute Gasteiger partial charge is 0.480 e. The number of aliphatic imine (C=N–C) groups is 1. The fraction of sp³-hybridized carbons (Fsp3) is 0.750. The van der Waals surface area contributed by atoms with E-state index in [1.807, 2.05) is 6.26 Å². The molecule has 0 aromatic carbocycles. The molecule has 3 amide bonds. The molecule has 13 nitrogen and oxygen atoms in total. The Morgan fingerprint density at radius 1 is 0.886 bits per heavy atom. The minimum Gasteiger partial charge on any atom is -0.480 e. The molecule has 5 unspecified atom stereocenters. The van der Waals surface area contributed by atoms with E-state index >= 15 is 0 Å². The zero-order chi connectivity index (χ0) is 27.0. The second-order valence-corrected chi connectivity index (χ2v) is 9.78. The molecular weight excluding hydrogens is 498 g/mol. The molecule has 15 heteroatoms. The molecule has 5 atom stereocenters. The highest BCUT2D eigenvalue weighted by atomic mass is 32.2. The van der Waals surface area contributed by atoms with Gasteiger partial charge in [0.1, 0.15) is 18.1 Å². The van der Waals surface area contributed by atoms with E-state index in [-0.39, 0.29) is 25.3 Å². The minimum atomic E-state index is -1.44. The predicted molar refractivity (Wildman–Crippen MR) is 139 cm³/mol. The zero-order valence-electron chi connectivity index (χ0n) is 20.4. The summed E-state index contributed by atoms with van der Waals surface area (Å²) in [5.41, 5.74) is 16.5. The van der Waals surface area contributed by atoms with Gasteiger partial charge in [-0.25, -0.2) is 4.79 Å². The fourth-order valence-electron chi connectivity index (χ4n) is 2.84. The number of carbonyl (C=O) groups is 4. The van der Waals surface area contributed by atoms with Gasteiger partial charge in [0.15, 0.2) is 5.96 Å². The maximum Gasteiger partial charge on any atom is 0.326 e. The molecule has 0 rings (SSSR count). The Balaban J connectivity index is 5.45. The summed E-state index contributed by atoms with van der Waals surface area (Å²) >= 11 is 2.94. The van der Waals surface area contributed by atoms with Crippen LogP contribution in [0.2, 0.25) is 0 Å². The molecule has 0 aliphatic heterocycles. The maximum atomic E-state index is 13.0. The summed E-state index contributed by atoms with van der Waals surface area (Å²) < 4.78 is 0. The lowest BCUT2D eigenvalue weighted by atomic mass is 10.1. The third kappa shape index (κ3) is 14.0. The molecule has 0 saturated carbocycles. The van der Waals surface area contributed by atoms with Crippen LogP contribution in [0.15, 0.2) is 4.99 Å². The maximum absolute atomic E-state index is 13.0. The van der Waals surface area contributed by atoms with Crippen LogP contribution in [0.3, 0.4) is 0 Å². The first-order valence-corrected chi connectivity index (χ1v) is 13.8. The molecule has 0 aromatic heterocycles. The van der Waals surface area contributed by atoms with Crippen LogP contribution in [0.25, 0.3) is 0 Å². The number of aliphatic hydroxyl groups excluding tert-OH is 1. The quantitative estimate of drug-likeness (QED) is 0.0530. The van der Waals surface area contributed by atoms with Crippen molar-refractivity contribution in [3.63, 3.8) is 0 Å². The number of rotatable bonds is 18. The summed E-state index contributed by atoms with van der Waals surface area (Å²) in [5, 5.41) is 26.8. The lowest BCUT2D eigenvalue weighted by Gasteiger charge is -2.26. The number of aliphatic hydroxyl groups is 1. The summed E-state index contributed by atoms with van der Waals surface area (Å²) in [5.74, 6) is -2.34. The molecule has 35 heavy (non-hydrogen) atoms. The molecule has 0 spiro atoms. The Kier molecular flexibility index (Phi) is 16.9. The smallest absolute Gasteiger partial charge is 0.326 e. The van der Waals surface area contributed by atoms with Gasteiger partial charge >= 0.3 is 5.97 Å². The first kappa shape index (κ1) is 32.8. The first-order valence-electron chi connectivity index (χ1n) is 11.0. The van der Waals surface area contributed by atoms with Crippen molar-refractivity contribution in [3.8, 4) is 0 Å². The Bertz CT molecular complexity index is 722. The van der Waals surface area contributed by atoms with Crippen molar-refractivity contribution in [1.82, 2.24) is 16.0 Å². The van der Waals surface area contributed by atoms with Crippen molar-refractivity contribution in [1.29, 1.82) is 0 Å². The number of carbonyl (C=O) groups excluding carboxylic acids is 3. The highest BCUT2D eigenvalue weighted by molar-refractivity contribution is 7.98. The number of hydrogen-bond acceptors (Lipinski definition) is 9. The standard InChI is InChI=1S/C20H39N7O6S2/c1-11(28)15(18(31)26-14(19(32)33)7-10-35-3)27-17(30)13(5-4-8-24-20(22)23)25-16(29)12(21)6-9-34-2/h11-15,28H,4-10,21H2,1-3H3,(H,25,29)(H,26,31)(H,27,30)(H,32,33)(H4,22,23,24). The number of nitrogens with two attached hydrogens (primary N) is 3. The van der Waals surface area contributed by atoms with Gasteiger partial charge in [0.05, 0.1) is 12.1 Å². The van der Waals surface area contributed by atoms with Crippen LogP contribution in [0, 0.1) is 0 Å². The van der Waals surface area contributed by atoms with Crippen molar-refractivity contribution in [2.75, 3.05) is 30.6 Å². The lowest BCUT2D eigenvalue weighted by Crippen LogP contribution is -2.59. The van der Waals surface area contributed by atoms with Crippen LogP contribution >= 0.6 is 23.5 Å². The topological polar surface area (TPSA) is 235 Å². The molecule has 0 heterocycles. The Labute approximate surface area is 214 Å². The molecular formula is C20H39N7O6S2. The summed E-state index contributed by atoms with van der Waals surface area (Å²) in [6.07, 6.45) is 3.37. The van der Waals surface area contributed by atoms with E-state index in [1.54, 1.807) is 6.26 Å². The number of guanidine groups is 1. The van der Waals surface area contributed by atoms with Crippen LogP contribution in [0.1, 0.15) is 32.6 Å². The number of amides is 3. The van der Waals surface area contributed by atoms with Gasteiger partial charge in [0.2, 0.25) is 17.7 Å². The van der Waals surface area contributed by atoms with Crippen LogP contribution in [-0.2, 0) is 19.2 Å². The monoisotopic (exact) mass is 537 g/mol. The van der Waals surface area contributed by atoms with Crippen LogP contribution < -0.4 is 33.2 Å². The van der Waals surface area contributed by atoms with E-state index in [0.717, 1.165) is 0 Å². The van der Waals surface area contributed by atoms with Crippen molar-refractivity contribution >= 4 is 53.2 Å². The number of hydrogen-bond donors (Lipinski definition) is 8. The number of carboxylic acids is 1. The minimum absolute atomic E-state index is 0.116. The molecule has 0 bridgehead atoms. The van der Waals surface area contributed by atoms with Crippen LogP contribution in [0.5, 0.6) is 0 Å². The van der Waals surface area contributed by atoms with E-state index in [9.17, 15) is 29.4 Å². The van der Waals surface area contributed by atoms with Crippen molar-refractivity contribution < 1.29 is 29.4 Å². The molecule has 0 aromatic rings. The Morgan fingerprint density at radius 2 is 1.46 bits per heavy atom. The van der Waals surface area contributed by atoms with E-state index in [4.69, 9.17) is 17.2 Å². The van der Waals surface area contributed by atoms with E-state index in [1.165, 1.54) is 30.4 Å². The van der Waals surface area contributed by atoms with E-state index in [2.05, 4.69) is 20.9 Å². The average Bonchev–Trinajstić information content (AvgIpc) is 2.79. The fourth-order valence-corrected chi connectivity index (χ4v) is 3.80. The first-order chi connectivity index (χ1) is 16.4. The molecule has 0 aliphatic rings.